The van der Waals surface area contributed by atoms with E-state index >= 15 is 0 Å². The Balaban J connectivity index is 1.79. The number of morpholine rings is 1. The number of rotatable bonds is 5. The Hall–Kier alpha value is -1.30. The predicted octanol–water partition coefficient (Wildman–Crippen LogP) is 1.74. The van der Waals surface area contributed by atoms with Crippen LogP contribution in [0.4, 0.5) is 0 Å². The first kappa shape index (κ1) is 14.6. The van der Waals surface area contributed by atoms with E-state index in [1.54, 1.807) is 0 Å². The van der Waals surface area contributed by atoms with E-state index in [0.29, 0.717) is 12.8 Å². The van der Waals surface area contributed by atoms with Gasteiger partial charge >= 0.3 is 0 Å². The molecule has 21 heavy (non-hydrogen) atoms. The summed E-state index contributed by atoms with van der Waals surface area (Å²) in [4.78, 5) is 4.75. The van der Waals surface area contributed by atoms with Crippen molar-refractivity contribution >= 4 is 0 Å². The Labute approximate surface area is 126 Å². The molecule has 1 unspecified atom stereocenters. The van der Waals surface area contributed by atoms with Crippen molar-refractivity contribution in [1.82, 2.24) is 9.80 Å². The highest BCUT2D eigenvalue weighted by Crippen LogP contribution is 2.36. The number of hydrogen-bond donors (Lipinski definition) is 0. The number of fused-ring (bicyclic) bond motifs is 1. The van der Waals surface area contributed by atoms with Crippen molar-refractivity contribution in [2.24, 2.45) is 0 Å². The Kier molecular flexibility index (Phi) is 4.63. The summed E-state index contributed by atoms with van der Waals surface area (Å²) < 4.78 is 16.4. The lowest BCUT2D eigenvalue weighted by Gasteiger charge is -2.35. The molecule has 0 bridgehead atoms. The number of hydrogen-bond acceptors (Lipinski definition) is 5. The molecule has 1 aromatic rings. The van der Waals surface area contributed by atoms with E-state index in [1.807, 2.05) is 6.07 Å². The van der Waals surface area contributed by atoms with Gasteiger partial charge in [0.2, 0.25) is 6.79 Å². The second-order valence-corrected chi connectivity index (χ2v) is 5.87. The van der Waals surface area contributed by atoms with Crippen molar-refractivity contribution in [3.63, 3.8) is 0 Å². The van der Waals surface area contributed by atoms with Crippen LogP contribution in [0.25, 0.3) is 0 Å². The quantitative estimate of drug-likeness (QED) is 0.826. The molecule has 0 amide bonds. The zero-order valence-corrected chi connectivity index (χ0v) is 12.9. The van der Waals surface area contributed by atoms with E-state index in [9.17, 15) is 0 Å². The molecule has 1 atom stereocenters. The summed E-state index contributed by atoms with van der Waals surface area (Å²) in [7, 11) is 4.24. The number of benzene rings is 1. The zero-order valence-electron chi connectivity index (χ0n) is 12.9. The summed E-state index contributed by atoms with van der Waals surface area (Å²) >= 11 is 0. The van der Waals surface area contributed by atoms with Gasteiger partial charge in [0.15, 0.2) is 11.5 Å². The lowest BCUT2D eigenvalue weighted by Crippen LogP contribution is -2.40. The standard InChI is InChI=1S/C16H24N2O3/c1-17(2)6-5-14(18-7-9-19-10-8-18)13-3-4-15-16(11-13)21-12-20-15/h3-4,11,14H,5-10,12H2,1-2H3. The van der Waals surface area contributed by atoms with Crippen LogP contribution in [0.5, 0.6) is 11.5 Å². The summed E-state index contributed by atoms with van der Waals surface area (Å²) in [5.41, 5.74) is 1.31. The molecule has 1 aromatic carbocycles. The van der Waals surface area contributed by atoms with Crippen LogP contribution < -0.4 is 9.47 Å². The molecule has 0 N–H and O–H groups in total. The predicted molar refractivity (Wildman–Crippen MR) is 80.9 cm³/mol. The molecule has 5 heteroatoms. The maximum absolute atomic E-state index is 5.53. The summed E-state index contributed by atoms with van der Waals surface area (Å²) in [6.45, 7) is 5.03. The van der Waals surface area contributed by atoms with Crippen molar-refractivity contribution in [2.75, 3.05) is 53.7 Å². The van der Waals surface area contributed by atoms with Crippen LogP contribution in [0, 0.1) is 0 Å². The third kappa shape index (κ3) is 3.48. The van der Waals surface area contributed by atoms with Gasteiger partial charge in [-0.25, -0.2) is 0 Å². The Morgan fingerprint density at radius 2 is 1.90 bits per heavy atom. The minimum atomic E-state index is 0.332. The fourth-order valence-electron chi connectivity index (χ4n) is 2.95. The first-order chi connectivity index (χ1) is 10.2. The molecule has 2 aliphatic rings. The molecule has 0 spiro atoms. The van der Waals surface area contributed by atoms with Gasteiger partial charge in [-0.2, -0.15) is 0 Å². The first-order valence-corrected chi connectivity index (χ1v) is 7.60. The summed E-state index contributed by atoms with van der Waals surface area (Å²) in [5, 5.41) is 0. The van der Waals surface area contributed by atoms with Crippen LogP contribution >= 0.6 is 0 Å². The minimum absolute atomic E-state index is 0.332. The molecule has 0 saturated carbocycles. The van der Waals surface area contributed by atoms with Crippen LogP contribution in [-0.4, -0.2) is 63.5 Å². The highest BCUT2D eigenvalue weighted by molar-refractivity contribution is 5.45. The van der Waals surface area contributed by atoms with E-state index in [0.717, 1.165) is 50.8 Å². The van der Waals surface area contributed by atoms with E-state index in [-0.39, 0.29) is 0 Å². The largest absolute Gasteiger partial charge is 0.454 e. The third-order valence-corrected chi connectivity index (χ3v) is 4.12. The Morgan fingerprint density at radius 3 is 2.67 bits per heavy atom. The van der Waals surface area contributed by atoms with Gasteiger partial charge in [0, 0.05) is 19.1 Å². The van der Waals surface area contributed by atoms with Gasteiger partial charge in [0.05, 0.1) is 13.2 Å². The fourth-order valence-corrected chi connectivity index (χ4v) is 2.95. The lowest BCUT2D eigenvalue weighted by atomic mass is 10.0. The number of nitrogens with zero attached hydrogens (tertiary/aromatic N) is 2. The van der Waals surface area contributed by atoms with Crippen LogP contribution in [0.3, 0.4) is 0 Å². The average Bonchev–Trinajstić information content (AvgIpc) is 2.96. The van der Waals surface area contributed by atoms with Crippen LogP contribution in [-0.2, 0) is 4.74 Å². The Morgan fingerprint density at radius 1 is 1.14 bits per heavy atom. The molecule has 0 aromatic heterocycles. The Bertz CT molecular complexity index is 473. The summed E-state index contributed by atoms with van der Waals surface area (Å²) in [5.74, 6) is 1.72. The van der Waals surface area contributed by atoms with E-state index < -0.39 is 0 Å². The molecule has 0 aliphatic carbocycles. The average molecular weight is 292 g/mol. The van der Waals surface area contributed by atoms with Gasteiger partial charge in [-0.15, -0.1) is 0 Å². The molecule has 0 radical (unpaired) electrons. The van der Waals surface area contributed by atoms with Crippen molar-refractivity contribution < 1.29 is 14.2 Å². The van der Waals surface area contributed by atoms with Gasteiger partial charge in [0.25, 0.3) is 0 Å². The van der Waals surface area contributed by atoms with E-state index in [1.165, 1.54) is 5.56 Å². The highest BCUT2D eigenvalue weighted by atomic mass is 16.7. The highest BCUT2D eigenvalue weighted by Gasteiger charge is 2.24. The summed E-state index contributed by atoms with van der Waals surface area (Å²) in [6, 6.07) is 6.74. The maximum Gasteiger partial charge on any atom is 0.231 e. The van der Waals surface area contributed by atoms with Crippen LogP contribution in [0.2, 0.25) is 0 Å². The maximum atomic E-state index is 5.53. The van der Waals surface area contributed by atoms with Gasteiger partial charge in [-0.1, -0.05) is 6.07 Å². The van der Waals surface area contributed by atoms with E-state index in [2.05, 4.69) is 36.0 Å². The molecule has 5 nitrogen and oxygen atoms in total. The summed E-state index contributed by atoms with van der Waals surface area (Å²) in [6.07, 6.45) is 1.10. The number of ether oxygens (including phenoxy) is 3. The molecule has 1 fully saturated rings. The zero-order chi connectivity index (χ0) is 14.7. The first-order valence-electron chi connectivity index (χ1n) is 7.60. The SMILES string of the molecule is CN(C)CCC(c1ccc2c(c1)OCO2)N1CCOCC1. The van der Waals surface area contributed by atoms with E-state index in [4.69, 9.17) is 14.2 Å². The van der Waals surface area contributed by atoms with Gasteiger partial charge in [0.1, 0.15) is 0 Å². The molecule has 3 rings (SSSR count). The van der Waals surface area contributed by atoms with Gasteiger partial charge < -0.3 is 19.1 Å². The smallest absolute Gasteiger partial charge is 0.231 e. The monoisotopic (exact) mass is 292 g/mol. The molecule has 2 heterocycles. The van der Waals surface area contributed by atoms with Crippen LogP contribution in [0.15, 0.2) is 18.2 Å². The molecular formula is C16H24N2O3. The van der Waals surface area contributed by atoms with Crippen molar-refractivity contribution in [1.29, 1.82) is 0 Å². The van der Waals surface area contributed by atoms with Crippen molar-refractivity contribution in [3.05, 3.63) is 23.8 Å². The lowest BCUT2D eigenvalue weighted by molar-refractivity contribution is 0.0129. The topological polar surface area (TPSA) is 34.2 Å². The molecule has 116 valence electrons. The minimum Gasteiger partial charge on any atom is -0.454 e. The second kappa shape index (κ2) is 6.64. The third-order valence-electron chi connectivity index (χ3n) is 4.12. The molecule has 1 saturated heterocycles. The second-order valence-electron chi connectivity index (χ2n) is 5.87. The van der Waals surface area contributed by atoms with Crippen molar-refractivity contribution in [2.45, 2.75) is 12.5 Å². The van der Waals surface area contributed by atoms with Gasteiger partial charge in [-0.3, -0.25) is 4.90 Å². The van der Waals surface area contributed by atoms with Crippen LogP contribution in [0.1, 0.15) is 18.0 Å². The molecule has 2 aliphatic heterocycles. The fraction of sp³-hybridized carbons (Fsp3) is 0.625. The molecular weight excluding hydrogens is 268 g/mol. The van der Waals surface area contributed by atoms with Crippen molar-refractivity contribution in [3.8, 4) is 11.5 Å². The van der Waals surface area contributed by atoms with Gasteiger partial charge in [-0.05, 0) is 44.8 Å². The normalized spacial score (nSPS) is 20.0.